The Morgan fingerprint density at radius 3 is 2.47 bits per heavy atom. The Morgan fingerprint density at radius 1 is 1.41 bits per heavy atom. The van der Waals surface area contributed by atoms with Crippen molar-refractivity contribution in [3.8, 4) is 5.88 Å². The van der Waals surface area contributed by atoms with Crippen LogP contribution in [0.1, 0.15) is 18.5 Å². The Morgan fingerprint density at radius 2 is 2.06 bits per heavy atom. The van der Waals surface area contributed by atoms with Crippen molar-refractivity contribution in [1.82, 2.24) is 10.3 Å². The molecule has 3 nitrogen and oxygen atoms in total. The molecular weight excluding hydrogens is 257 g/mol. The first-order valence-electron chi connectivity index (χ1n) is 4.75. The van der Waals surface area contributed by atoms with Gasteiger partial charge in [-0.15, -0.1) is 12.4 Å². The molecular formula is C10H14ClF3N2O. The molecule has 0 aliphatic heterocycles. The highest BCUT2D eigenvalue weighted by Crippen LogP contribution is 2.18. The van der Waals surface area contributed by atoms with Gasteiger partial charge < -0.3 is 10.1 Å². The van der Waals surface area contributed by atoms with Crippen molar-refractivity contribution in [3.63, 3.8) is 0 Å². The van der Waals surface area contributed by atoms with Gasteiger partial charge in [-0.1, -0.05) is 6.07 Å². The Bertz CT molecular complexity index is 329. The number of aromatic nitrogens is 1. The number of hydrogen-bond donors (Lipinski definition) is 1. The maximum absolute atomic E-state index is 11.8. The lowest BCUT2D eigenvalue weighted by molar-refractivity contribution is -0.154. The highest BCUT2D eigenvalue weighted by atomic mass is 35.5. The number of rotatable bonds is 4. The molecule has 0 aliphatic rings. The van der Waals surface area contributed by atoms with Crippen LogP contribution in [0.3, 0.4) is 0 Å². The molecule has 0 radical (unpaired) electrons. The van der Waals surface area contributed by atoms with Crippen LogP contribution in [0.4, 0.5) is 13.2 Å². The van der Waals surface area contributed by atoms with Crippen molar-refractivity contribution in [2.45, 2.75) is 19.1 Å². The van der Waals surface area contributed by atoms with Crippen molar-refractivity contribution in [2.24, 2.45) is 0 Å². The van der Waals surface area contributed by atoms with Gasteiger partial charge in [-0.2, -0.15) is 13.2 Å². The van der Waals surface area contributed by atoms with Gasteiger partial charge >= 0.3 is 6.18 Å². The number of alkyl halides is 3. The van der Waals surface area contributed by atoms with Crippen LogP contribution in [0.5, 0.6) is 5.88 Å². The summed E-state index contributed by atoms with van der Waals surface area (Å²) in [6, 6.07) is 3.21. The normalized spacial score (nSPS) is 12.8. The third-order valence-corrected chi connectivity index (χ3v) is 2.08. The molecule has 98 valence electrons. The highest BCUT2D eigenvalue weighted by Gasteiger charge is 2.28. The smallest absolute Gasteiger partial charge is 0.422 e. The summed E-state index contributed by atoms with van der Waals surface area (Å²) in [6.07, 6.45) is -2.84. The fraction of sp³-hybridized carbons (Fsp3) is 0.500. The van der Waals surface area contributed by atoms with Crippen LogP contribution >= 0.6 is 12.4 Å². The van der Waals surface area contributed by atoms with Crippen molar-refractivity contribution >= 4 is 12.4 Å². The van der Waals surface area contributed by atoms with Gasteiger partial charge in [-0.05, 0) is 19.5 Å². The molecule has 1 N–H and O–H groups in total. The summed E-state index contributed by atoms with van der Waals surface area (Å²) < 4.78 is 40.0. The Hall–Kier alpha value is -1.01. The molecule has 0 saturated heterocycles. The van der Waals surface area contributed by atoms with Gasteiger partial charge in [-0.3, -0.25) is 0 Å². The fourth-order valence-corrected chi connectivity index (χ4v) is 1.06. The van der Waals surface area contributed by atoms with Crippen molar-refractivity contribution in [1.29, 1.82) is 0 Å². The third-order valence-electron chi connectivity index (χ3n) is 2.08. The van der Waals surface area contributed by atoms with Crippen molar-refractivity contribution in [3.05, 3.63) is 23.9 Å². The van der Waals surface area contributed by atoms with Gasteiger partial charge in [0, 0.05) is 18.3 Å². The molecule has 1 heterocycles. The molecule has 1 rings (SSSR count). The van der Waals surface area contributed by atoms with Gasteiger partial charge in [-0.25, -0.2) is 4.98 Å². The molecule has 0 saturated carbocycles. The fourth-order valence-electron chi connectivity index (χ4n) is 1.06. The van der Waals surface area contributed by atoms with E-state index in [2.05, 4.69) is 15.0 Å². The van der Waals surface area contributed by atoms with Crippen molar-refractivity contribution in [2.75, 3.05) is 13.7 Å². The van der Waals surface area contributed by atoms with E-state index in [0.717, 1.165) is 5.56 Å². The number of halogens is 4. The zero-order valence-electron chi connectivity index (χ0n) is 9.41. The van der Waals surface area contributed by atoms with E-state index in [1.165, 1.54) is 12.3 Å². The Labute approximate surface area is 104 Å². The summed E-state index contributed by atoms with van der Waals surface area (Å²) in [7, 11) is 1.79. The summed E-state index contributed by atoms with van der Waals surface area (Å²) in [5.74, 6) is -0.0237. The molecule has 1 aromatic heterocycles. The minimum atomic E-state index is -4.33. The summed E-state index contributed by atoms with van der Waals surface area (Å²) in [6.45, 7) is 0.605. The molecule has 17 heavy (non-hydrogen) atoms. The predicted octanol–water partition coefficient (Wildman–Crippen LogP) is 2.72. The number of ether oxygens (including phenoxy) is 1. The maximum atomic E-state index is 11.8. The van der Waals surface area contributed by atoms with Crippen molar-refractivity contribution < 1.29 is 17.9 Å². The lowest BCUT2D eigenvalue weighted by atomic mass is 10.1. The van der Waals surface area contributed by atoms with E-state index in [9.17, 15) is 13.2 Å². The second kappa shape index (κ2) is 6.66. The number of pyridine rings is 1. The molecule has 1 atom stereocenters. The summed E-state index contributed by atoms with van der Waals surface area (Å²) in [4.78, 5) is 3.79. The molecule has 0 spiro atoms. The zero-order chi connectivity index (χ0) is 12.2. The standard InChI is InChI=1S/C10H13F3N2O.ClH/c1-7(14-2)8-3-4-9(15-5-8)16-6-10(11,12)13;/h3-5,7,14H,6H2,1-2H3;1H. The van der Waals surface area contributed by atoms with Crippen LogP contribution in [0.2, 0.25) is 0 Å². The number of nitrogens with zero attached hydrogens (tertiary/aromatic N) is 1. The van der Waals surface area contributed by atoms with Gasteiger partial charge in [0.1, 0.15) is 0 Å². The van der Waals surface area contributed by atoms with Crippen LogP contribution < -0.4 is 10.1 Å². The van der Waals surface area contributed by atoms with Gasteiger partial charge in [0.05, 0.1) is 0 Å². The minimum absolute atomic E-state index is 0. The van der Waals surface area contributed by atoms with Crippen LogP contribution in [0.15, 0.2) is 18.3 Å². The average molecular weight is 271 g/mol. The molecule has 0 bridgehead atoms. The molecule has 0 aromatic carbocycles. The Balaban J connectivity index is 0.00000256. The molecule has 0 fully saturated rings. The van der Waals surface area contributed by atoms with Gasteiger partial charge in [0.25, 0.3) is 0 Å². The first-order valence-corrected chi connectivity index (χ1v) is 4.75. The number of hydrogen-bond acceptors (Lipinski definition) is 3. The van der Waals surface area contributed by atoms with E-state index in [4.69, 9.17) is 0 Å². The molecule has 1 aromatic rings. The van der Waals surface area contributed by atoms with E-state index >= 15 is 0 Å². The summed E-state index contributed by atoms with van der Waals surface area (Å²) >= 11 is 0. The quantitative estimate of drug-likeness (QED) is 0.913. The highest BCUT2D eigenvalue weighted by molar-refractivity contribution is 5.85. The molecule has 7 heteroatoms. The lowest BCUT2D eigenvalue weighted by Gasteiger charge is -2.11. The van der Waals surface area contributed by atoms with Crippen LogP contribution in [-0.4, -0.2) is 24.8 Å². The van der Waals surface area contributed by atoms with E-state index in [1.54, 1.807) is 13.1 Å². The predicted molar refractivity (Wildman–Crippen MR) is 60.5 cm³/mol. The monoisotopic (exact) mass is 270 g/mol. The summed E-state index contributed by atoms with van der Waals surface area (Å²) in [5.41, 5.74) is 0.891. The second-order valence-electron chi connectivity index (χ2n) is 3.34. The van der Waals surface area contributed by atoms with E-state index < -0.39 is 12.8 Å². The molecule has 0 aliphatic carbocycles. The molecule has 0 amide bonds. The minimum Gasteiger partial charge on any atom is -0.468 e. The first-order chi connectivity index (χ1) is 7.42. The largest absolute Gasteiger partial charge is 0.468 e. The van der Waals surface area contributed by atoms with E-state index in [0.29, 0.717) is 0 Å². The van der Waals surface area contributed by atoms with E-state index in [1.807, 2.05) is 6.92 Å². The Kier molecular flexibility index (Phi) is 6.26. The van der Waals surface area contributed by atoms with Gasteiger partial charge in [0.2, 0.25) is 5.88 Å². The molecule has 1 unspecified atom stereocenters. The second-order valence-corrected chi connectivity index (χ2v) is 3.34. The van der Waals surface area contributed by atoms with Crippen LogP contribution in [0.25, 0.3) is 0 Å². The summed E-state index contributed by atoms with van der Waals surface area (Å²) in [5, 5.41) is 3.00. The average Bonchev–Trinajstić information content (AvgIpc) is 2.25. The zero-order valence-corrected chi connectivity index (χ0v) is 10.2. The maximum Gasteiger partial charge on any atom is 0.422 e. The van der Waals surface area contributed by atoms with Gasteiger partial charge in [0.15, 0.2) is 6.61 Å². The topological polar surface area (TPSA) is 34.1 Å². The lowest BCUT2D eigenvalue weighted by Crippen LogP contribution is -2.19. The third kappa shape index (κ3) is 5.74. The number of nitrogens with one attached hydrogen (secondary N) is 1. The van der Waals surface area contributed by atoms with E-state index in [-0.39, 0.29) is 24.3 Å². The van der Waals surface area contributed by atoms with Crippen LogP contribution in [-0.2, 0) is 0 Å². The SMILES string of the molecule is CNC(C)c1ccc(OCC(F)(F)F)nc1.Cl. The van der Waals surface area contributed by atoms with Crippen LogP contribution in [0, 0.1) is 0 Å². The first kappa shape index (κ1) is 16.0.